The van der Waals surface area contributed by atoms with Crippen molar-refractivity contribution in [3.05, 3.63) is 24.2 Å². The van der Waals surface area contributed by atoms with Gasteiger partial charge >= 0.3 is 0 Å². The van der Waals surface area contributed by atoms with Gasteiger partial charge in [0.25, 0.3) is 0 Å². The Hall–Kier alpha value is -2.51. The third-order valence-electron chi connectivity index (χ3n) is 3.82. The minimum Gasteiger partial charge on any atom is -0.355 e. The summed E-state index contributed by atoms with van der Waals surface area (Å²) in [6.07, 6.45) is 4.17. The van der Waals surface area contributed by atoms with E-state index in [2.05, 4.69) is 40.2 Å². The smallest absolute Gasteiger partial charge is 0.186 e. The van der Waals surface area contributed by atoms with E-state index in [1.165, 1.54) is 0 Å². The van der Waals surface area contributed by atoms with Crippen LogP contribution in [0.3, 0.4) is 0 Å². The van der Waals surface area contributed by atoms with Gasteiger partial charge in [0.05, 0.1) is 5.39 Å². The Morgan fingerprint density at radius 2 is 2.15 bits per heavy atom. The van der Waals surface area contributed by atoms with E-state index in [0.717, 1.165) is 47.9 Å². The minimum absolute atomic E-state index is 0.370. The van der Waals surface area contributed by atoms with Gasteiger partial charge in [0.1, 0.15) is 24.3 Å². The topological polar surface area (TPSA) is 99.3 Å². The first kappa shape index (κ1) is 11.3. The third-order valence-corrected chi connectivity index (χ3v) is 3.82. The van der Waals surface area contributed by atoms with Crippen molar-refractivity contribution in [3.63, 3.8) is 0 Å². The second-order valence-corrected chi connectivity index (χ2v) is 5.05. The van der Waals surface area contributed by atoms with Crippen LogP contribution in [0, 0.1) is 6.92 Å². The predicted octanol–water partition coefficient (Wildman–Crippen LogP) is 0.773. The summed E-state index contributed by atoms with van der Waals surface area (Å²) in [7, 11) is 0. The van der Waals surface area contributed by atoms with Crippen molar-refractivity contribution >= 4 is 16.9 Å². The molecule has 0 aliphatic carbocycles. The van der Waals surface area contributed by atoms with Gasteiger partial charge in [-0.05, 0) is 13.3 Å². The number of fused-ring (bicyclic) bond motifs is 1. The van der Waals surface area contributed by atoms with Crippen LogP contribution in [0.5, 0.6) is 0 Å². The highest BCUT2D eigenvalue weighted by Crippen LogP contribution is 2.31. The van der Waals surface area contributed by atoms with E-state index >= 15 is 0 Å². The summed E-state index contributed by atoms with van der Waals surface area (Å²) in [6, 6.07) is 0. The van der Waals surface area contributed by atoms with Crippen LogP contribution in [0.2, 0.25) is 0 Å². The number of aryl methyl sites for hydroxylation is 1. The van der Waals surface area contributed by atoms with Crippen LogP contribution in [0.15, 0.2) is 12.7 Å². The van der Waals surface area contributed by atoms with E-state index in [0.29, 0.717) is 5.92 Å². The molecule has 0 bridgehead atoms. The first-order valence-electron chi connectivity index (χ1n) is 6.59. The molecule has 102 valence electrons. The summed E-state index contributed by atoms with van der Waals surface area (Å²) in [5.74, 6) is 2.26. The number of H-pyrrole nitrogens is 2. The average Bonchev–Trinajstić information content (AvgIpc) is 3.18. The van der Waals surface area contributed by atoms with E-state index in [9.17, 15) is 0 Å². The number of nitrogens with one attached hydrogen (secondary N) is 2. The Morgan fingerprint density at radius 3 is 3.00 bits per heavy atom. The SMILES string of the molecule is Cc1[nH]nc2ncnc(N3CCC(c4ncn[nH]4)C3)c12. The lowest BCUT2D eigenvalue weighted by molar-refractivity contribution is 0.714. The standard InChI is InChI=1S/C12H14N8/c1-7-9-11(19-17-7)13-5-15-12(9)20-3-2-8(4-20)10-14-6-16-18-10/h5-6,8H,2-4H2,1H3,(H,14,16,18)(H,13,15,17,19). The quantitative estimate of drug-likeness (QED) is 0.713. The molecule has 0 saturated carbocycles. The lowest BCUT2D eigenvalue weighted by Gasteiger charge is -2.17. The third kappa shape index (κ3) is 1.64. The van der Waals surface area contributed by atoms with Gasteiger partial charge < -0.3 is 4.90 Å². The van der Waals surface area contributed by atoms with Gasteiger partial charge in [-0.2, -0.15) is 10.2 Å². The number of rotatable bonds is 2. The molecule has 1 fully saturated rings. The van der Waals surface area contributed by atoms with Gasteiger partial charge in [-0.15, -0.1) is 0 Å². The Balaban J connectivity index is 1.69. The van der Waals surface area contributed by atoms with E-state index in [1.807, 2.05) is 6.92 Å². The summed E-state index contributed by atoms with van der Waals surface area (Å²) < 4.78 is 0. The molecule has 0 amide bonds. The Bertz CT molecular complexity index is 731. The Kier molecular flexibility index (Phi) is 2.41. The second-order valence-electron chi connectivity index (χ2n) is 5.05. The molecule has 0 aromatic carbocycles. The van der Waals surface area contributed by atoms with Gasteiger partial charge in [-0.3, -0.25) is 10.2 Å². The zero-order chi connectivity index (χ0) is 13.5. The van der Waals surface area contributed by atoms with Gasteiger partial charge in [-0.25, -0.2) is 15.0 Å². The summed E-state index contributed by atoms with van der Waals surface area (Å²) >= 11 is 0. The molecule has 1 saturated heterocycles. The molecule has 0 spiro atoms. The van der Waals surface area contributed by atoms with Gasteiger partial charge in [-0.1, -0.05) is 0 Å². The van der Waals surface area contributed by atoms with E-state index in [4.69, 9.17) is 0 Å². The maximum atomic E-state index is 4.45. The highest BCUT2D eigenvalue weighted by molar-refractivity contribution is 5.89. The molecule has 1 aliphatic heterocycles. The van der Waals surface area contributed by atoms with E-state index in [1.54, 1.807) is 12.7 Å². The molecule has 2 N–H and O–H groups in total. The minimum atomic E-state index is 0.370. The lowest BCUT2D eigenvalue weighted by atomic mass is 10.1. The molecular formula is C12H14N8. The van der Waals surface area contributed by atoms with Crippen molar-refractivity contribution in [2.45, 2.75) is 19.3 Å². The molecular weight excluding hydrogens is 256 g/mol. The number of nitrogens with zero attached hydrogens (tertiary/aromatic N) is 6. The molecule has 1 atom stereocenters. The fourth-order valence-electron chi connectivity index (χ4n) is 2.81. The number of hydrogen-bond acceptors (Lipinski definition) is 6. The predicted molar refractivity (Wildman–Crippen MR) is 72.4 cm³/mol. The lowest BCUT2D eigenvalue weighted by Crippen LogP contribution is -2.21. The molecule has 0 radical (unpaired) electrons. The molecule has 1 unspecified atom stereocenters. The molecule has 3 aromatic heterocycles. The van der Waals surface area contributed by atoms with Gasteiger partial charge in [0.2, 0.25) is 0 Å². The average molecular weight is 270 g/mol. The van der Waals surface area contributed by atoms with Crippen molar-refractivity contribution in [1.29, 1.82) is 0 Å². The highest BCUT2D eigenvalue weighted by atomic mass is 15.3. The van der Waals surface area contributed by atoms with E-state index < -0.39 is 0 Å². The highest BCUT2D eigenvalue weighted by Gasteiger charge is 2.28. The van der Waals surface area contributed by atoms with Crippen molar-refractivity contribution in [3.8, 4) is 0 Å². The van der Waals surface area contributed by atoms with Crippen molar-refractivity contribution < 1.29 is 0 Å². The molecule has 20 heavy (non-hydrogen) atoms. The molecule has 3 aromatic rings. The van der Waals surface area contributed by atoms with Crippen LogP contribution < -0.4 is 4.90 Å². The number of aromatic amines is 2. The Morgan fingerprint density at radius 1 is 1.20 bits per heavy atom. The zero-order valence-corrected chi connectivity index (χ0v) is 11.0. The molecule has 8 heteroatoms. The monoisotopic (exact) mass is 270 g/mol. The first-order chi connectivity index (χ1) is 9.83. The first-order valence-corrected chi connectivity index (χ1v) is 6.59. The fourth-order valence-corrected chi connectivity index (χ4v) is 2.81. The van der Waals surface area contributed by atoms with Crippen LogP contribution in [-0.2, 0) is 0 Å². The van der Waals surface area contributed by atoms with Crippen LogP contribution in [-0.4, -0.2) is 48.4 Å². The molecule has 8 nitrogen and oxygen atoms in total. The van der Waals surface area contributed by atoms with Gasteiger partial charge in [0, 0.05) is 24.7 Å². The largest absolute Gasteiger partial charge is 0.355 e. The zero-order valence-electron chi connectivity index (χ0n) is 11.0. The normalized spacial score (nSPS) is 19.1. The van der Waals surface area contributed by atoms with Crippen molar-refractivity contribution in [2.24, 2.45) is 0 Å². The summed E-state index contributed by atoms with van der Waals surface area (Å²) in [5.41, 5.74) is 1.72. The van der Waals surface area contributed by atoms with Gasteiger partial charge in [0.15, 0.2) is 5.65 Å². The number of aromatic nitrogens is 7. The summed E-state index contributed by atoms with van der Waals surface area (Å²) in [4.78, 5) is 15.2. The van der Waals surface area contributed by atoms with E-state index in [-0.39, 0.29) is 0 Å². The van der Waals surface area contributed by atoms with Crippen LogP contribution in [0.25, 0.3) is 11.0 Å². The number of hydrogen-bond donors (Lipinski definition) is 2. The van der Waals surface area contributed by atoms with Crippen molar-refractivity contribution in [1.82, 2.24) is 35.3 Å². The van der Waals surface area contributed by atoms with Crippen LogP contribution in [0.4, 0.5) is 5.82 Å². The van der Waals surface area contributed by atoms with Crippen molar-refractivity contribution in [2.75, 3.05) is 18.0 Å². The Labute approximate surface area is 114 Å². The summed E-state index contributed by atoms with van der Waals surface area (Å²) in [6.45, 7) is 3.82. The molecule has 4 heterocycles. The van der Waals surface area contributed by atoms with Crippen LogP contribution in [0.1, 0.15) is 23.9 Å². The maximum absolute atomic E-state index is 4.45. The summed E-state index contributed by atoms with van der Waals surface area (Å²) in [5, 5.41) is 15.0. The number of anilines is 1. The maximum Gasteiger partial charge on any atom is 0.186 e. The molecule has 1 aliphatic rings. The second kappa shape index (κ2) is 4.26. The fraction of sp³-hybridized carbons (Fsp3) is 0.417. The molecule has 4 rings (SSSR count). The van der Waals surface area contributed by atoms with Crippen LogP contribution >= 0.6 is 0 Å².